The Hall–Kier alpha value is -0.950. The molecule has 1 atom stereocenters. The Morgan fingerprint density at radius 2 is 1.07 bits per heavy atom. The Balaban J connectivity index is -0.000000676. The monoisotopic (exact) mass is 434 g/mol. The molecule has 0 aromatic carbocycles. The molecule has 0 aliphatic rings. The second-order valence-corrected chi connectivity index (χ2v) is 7.67. The quantitative estimate of drug-likeness (QED) is 0.156. The molecule has 0 saturated heterocycles. The second-order valence-electron chi connectivity index (χ2n) is 7.67. The maximum atomic E-state index is 10.4. The number of carbonyl (C=O) groups is 1. The lowest BCUT2D eigenvalue weighted by molar-refractivity contribution is -0.146. The molecule has 6 nitrogen and oxygen atoms in total. The summed E-state index contributed by atoms with van der Waals surface area (Å²) in [5.74, 6) is -1.09. The van der Waals surface area contributed by atoms with Crippen LogP contribution in [0, 0.1) is 0 Å². The van der Waals surface area contributed by atoms with Crippen molar-refractivity contribution in [3.05, 3.63) is 12.7 Å². The van der Waals surface area contributed by atoms with Crippen molar-refractivity contribution in [2.24, 2.45) is 0 Å². The van der Waals surface area contributed by atoms with E-state index >= 15 is 0 Å². The van der Waals surface area contributed by atoms with Crippen LogP contribution in [0.4, 0.5) is 0 Å². The minimum absolute atomic E-state index is 0.365. The summed E-state index contributed by atoms with van der Waals surface area (Å²) >= 11 is 0. The molecule has 0 heterocycles. The molecule has 0 aliphatic heterocycles. The van der Waals surface area contributed by atoms with Crippen molar-refractivity contribution in [3.8, 4) is 0 Å². The zero-order valence-electron chi connectivity index (χ0n) is 19.6. The summed E-state index contributed by atoms with van der Waals surface area (Å²) < 4.78 is 0. The van der Waals surface area contributed by atoms with Crippen molar-refractivity contribution >= 4 is 5.97 Å². The van der Waals surface area contributed by atoms with Crippen molar-refractivity contribution in [1.29, 1.82) is 0 Å². The van der Waals surface area contributed by atoms with Crippen LogP contribution in [0.1, 0.15) is 110 Å². The van der Waals surface area contributed by atoms with E-state index in [1.807, 2.05) is 6.92 Å². The number of unbranched alkanes of at least 4 members (excludes halogenated alkanes) is 13. The van der Waals surface area contributed by atoms with Gasteiger partial charge in [-0.05, 0) is 13.3 Å². The van der Waals surface area contributed by atoms with E-state index in [-0.39, 0.29) is 13.2 Å². The predicted octanol–water partition coefficient (Wildman–Crippen LogP) is 4.83. The molecule has 5 N–H and O–H groups in total. The van der Waals surface area contributed by atoms with Crippen molar-refractivity contribution in [3.63, 3.8) is 0 Å². The highest BCUT2D eigenvalue weighted by molar-refractivity contribution is 5.71. The van der Waals surface area contributed by atoms with Crippen LogP contribution in [0.3, 0.4) is 0 Å². The summed E-state index contributed by atoms with van der Waals surface area (Å²) in [6.45, 7) is 6.78. The Bertz CT molecular complexity index is 332. The number of carboxylic acid groups (broad SMARTS) is 1. The van der Waals surface area contributed by atoms with E-state index in [2.05, 4.69) is 13.5 Å². The number of rotatable bonds is 18. The molecule has 0 fully saturated rings. The average Bonchev–Trinajstić information content (AvgIpc) is 2.74. The second kappa shape index (κ2) is 30.2. The van der Waals surface area contributed by atoms with Gasteiger partial charge >= 0.3 is 5.97 Å². The van der Waals surface area contributed by atoms with Gasteiger partial charge in [-0.15, -0.1) is 6.58 Å². The summed E-state index contributed by atoms with van der Waals surface area (Å²) in [4.78, 5) is 10.4. The van der Waals surface area contributed by atoms with E-state index in [0.29, 0.717) is 6.42 Å². The fraction of sp³-hybridized carbons (Fsp3) is 0.875. The molecule has 1 unspecified atom stereocenters. The summed E-state index contributed by atoms with van der Waals surface area (Å²) in [6, 6.07) is 0. The number of hydrogen-bond acceptors (Lipinski definition) is 5. The Morgan fingerprint density at radius 1 is 0.767 bits per heavy atom. The molecular weight excluding hydrogens is 384 g/mol. The van der Waals surface area contributed by atoms with Crippen molar-refractivity contribution < 1.29 is 30.3 Å². The van der Waals surface area contributed by atoms with Crippen LogP contribution in [0.5, 0.6) is 0 Å². The van der Waals surface area contributed by atoms with Gasteiger partial charge in [-0.2, -0.15) is 0 Å². The van der Waals surface area contributed by atoms with Gasteiger partial charge < -0.3 is 25.5 Å². The van der Waals surface area contributed by atoms with E-state index in [9.17, 15) is 4.79 Å². The number of allylic oxidation sites excluding steroid dienone is 1. The predicted molar refractivity (Wildman–Crippen MR) is 125 cm³/mol. The topological polar surface area (TPSA) is 118 Å². The molecule has 0 radical (unpaired) electrons. The molecule has 0 aliphatic carbocycles. The molecule has 0 aromatic rings. The highest BCUT2D eigenvalue weighted by Crippen LogP contribution is 2.13. The first kappa shape index (κ1) is 33.7. The summed E-state index contributed by atoms with van der Waals surface area (Å²) in [5, 5.41) is 41.7. The summed E-state index contributed by atoms with van der Waals surface area (Å²) in [7, 11) is 0. The van der Waals surface area contributed by atoms with Crippen molar-refractivity contribution in [2.75, 3.05) is 13.2 Å². The lowest BCUT2D eigenvalue weighted by Gasteiger charge is -2.05. The van der Waals surface area contributed by atoms with Crippen LogP contribution < -0.4 is 0 Å². The minimum Gasteiger partial charge on any atom is -0.479 e. The van der Waals surface area contributed by atoms with Crippen molar-refractivity contribution in [1.82, 2.24) is 0 Å². The fourth-order valence-electron chi connectivity index (χ4n) is 2.71. The van der Waals surface area contributed by atoms with Crippen LogP contribution in [0.25, 0.3) is 0 Å². The Labute approximate surface area is 185 Å². The van der Waals surface area contributed by atoms with Crippen LogP contribution in [0.15, 0.2) is 12.7 Å². The molecule has 0 saturated carbocycles. The normalized spacial score (nSPS) is 11.2. The first-order valence-corrected chi connectivity index (χ1v) is 11.8. The van der Waals surface area contributed by atoms with Gasteiger partial charge in [-0.25, -0.2) is 4.79 Å². The molecular formula is C24H50O6. The molecule has 30 heavy (non-hydrogen) atoms. The zero-order valence-corrected chi connectivity index (χ0v) is 19.6. The lowest BCUT2D eigenvalue weighted by Crippen LogP contribution is -2.18. The smallest absolute Gasteiger partial charge is 0.332 e. The number of hydrogen-bond donors (Lipinski definition) is 5. The van der Waals surface area contributed by atoms with Crippen LogP contribution in [-0.4, -0.2) is 56.9 Å². The lowest BCUT2D eigenvalue weighted by atomic mass is 10.0. The van der Waals surface area contributed by atoms with Gasteiger partial charge in [0.15, 0.2) is 6.10 Å². The van der Waals surface area contributed by atoms with E-state index in [4.69, 9.17) is 25.5 Å². The number of aliphatic carboxylic acids is 1. The number of aliphatic hydroxyl groups excluding tert-OH is 4. The number of aliphatic hydroxyl groups is 4. The molecule has 0 bridgehead atoms. The van der Waals surface area contributed by atoms with Gasteiger partial charge in [0, 0.05) is 0 Å². The SMILES string of the molecule is C=CC.CCCCCCCCCCCCCCCCC(O)C(=O)O.OCC(O)CO. The molecule has 0 spiro atoms. The van der Waals surface area contributed by atoms with Crippen molar-refractivity contribution in [2.45, 2.75) is 122 Å². The van der Waals surface area contributed by atoms with Gasteiger partial charge in [-0.1, -0.05) is 103 Å². The van der Waals surface area contributed by atoms with Gasteiger partial charge in [0.2, 0.25) is 0 Å². The minimum atomic E-state index is -1.16. The average molecular weight is 435 g/mol. The van der Waals surface area contributed by atoms with Crippen LogP contribution in [0.2, 0.25) is 0 Å². The molecule has 0 rings (SSSR count). The summed E-state index contributed by atoms with van der Waals surface area (Å²) in [5.41, 5.74) is 0. The Morgan fingerprint density at radius 3 is 1.30 bits per heavy atom. The maximum Gasteiger partial charge on any atom is 0.332 e. The highest BCUT2D eigenvalue weighted by atomic mass is 16.4. The van der Waals surface area contributed by atoms with Gasteiger partial charge in [0.05, 0.1) is 13.2 Å². The molecule has 6 heteroatoms. The number of carboxylic acids is 1. The van der Waals surface area contributed by atoms with E-state index in [1.54, 1.807) is 6.08 Å². The maximum absolute atomic E-state index is 10.4. The third-order valence-corrected chi connectivity index (χ3v) is 4.54. The van der Waals surface area contributed by atoms with E-state index in [0.717, 1.165) is 12.8 Å². The Kier molecular flexibility index (Phi) is 34.0. The van der Waals surface area contributed by atoms with Gasteiger partial charge in [0.1, 0.15) is 6.10 Å². The fourth-order valence-corrected chi connectivity index (χ4v) is 2.71. The van der Waals surface area contributed by atoms with Gasteiger partial charge in [0.25, 0.3) is 0 Å². The van der Waals surface area contributed by atoms with Crippen LogP contribution in [-0.2, 0) is 4.79 Å². The molecule has 182 valence electrons. The van der Waals surface area contributed by atoms with Crippen LogP contribution >= 0.6 is 0 Å². The largest absolute Gasteiger partial charge is 0.479 e. The summed E-state index contributed by atoms with van der Waals surface area (Å²) in [6.07, 6.45) is 18.1. The first-order chi connectivity index (χ1) is 14.4. The van der Waals surface area contributed by atoms with Gasteiger partial charge in [-0.3, -0.25) is 0 Å². The first-order valence-electron chi connectivity index (χ1n) is 11.8. The third-order valence-electron chi connectivity index (χ3n) is 4.54. The molecule has 0 amide bonds. The highest BCUT2D eigenvalue weighted by Gasteiger charge is 2.11. The van der Waals surface area contributed by atoms with E-state index < -0.39 is 18.2 Å². The standard InChI is InChI=1S/C18H36O3.C3H8O3.C3H6/c1-2-3-4-5-6-7-8-9-10-11-12-13-14-15-16-17(19)18(20)21;4-1-3(6)2-5;1-3-2/h17,19H,2-16H2,1H3,(H,20,21);3-6H,1-2H2;3H,1H2,2H3. The third kappa shape index (κ3) is 34.5. The molecule has 0 aromatic heterocycles. The van der Waals surface area contributed by atoms with E-state index in [1.165, 1.54) is 77.0 Å². The zero-order chi connectivity index (χ0) is 23.5.